The van der Waals surface area contributed by atoms with Crippen LogP contribution in [0.25, 0.3) is 22.2 Å². The van der Waals surface area contributed by atoms with Crippen LogP contribution in [-0.2, 0) is 50.7 Å². The molecular weight excluding hydrogens is 1040 g/mol. The zero-order valence-electron chi connectivity index (χ0n) is 45.5. The van der Waals surface area contributed by atoms with E-state index in [1.807, 2.05) is 124 Å². The SMILES string of the molecule is CC(=O)[O-].CC1(C)OB(B2OC(C)(C)C(C)(C)O2)OC1(C)C.CC1(C)OB(c2ccc3c(c2)C(c2ccnc(F)c2)=NC3)OC1(C)C.C[Si](C)(C)CCOCn1nc(-c2ccnc(F)c2)c2cc(Br)ccc21.[K+]. The minimum absolute atomic E-state index is 0. The maximum Gasteiger partial charge on any atom is 1.00 e. The Balaban J connectivity index is 0.000000197. The normalized spacial score (nSPS) is 19.4. The molecule has 9 rings (SSSR count). The molecule has 0 amide bonds. The van der Waals surface area contributed by atoms with E-state index in [-0.39, 0.29) is 85.0 Å². The number of carbonyl (C=O) groups excluding carboxylic acids is 1. The molecule has 3 saturated heterocycles. The number of halogens is 3. The van der Waals surface area contributed by atoms with E-state index in [0.29, 0.717) is 18.8 Å². The third-order valence-electron chi connectivity index (χ3n) is 14.0. The van der Waals surface area contributed by atoms with E-state index in [4.69, 9.17) is 42.6 Å². The molecule has 3 aromatic heterocycles. The third kappa shape index (κ3) is 14.9. The number of carbonyl (C=O) groups is 1. The number of pyridine rings is 2. The molecular formula is C51H68B3BrF2KN5O9Si. The van der Waals surface area contributed by atoms with E-state index in [2.05, 4.69) is 55.6 Å². The molecule has 4 aliphatic heterocycles. The minimum atomic E-state index is -1.12. The van der Waals surface area contributed by atoms with Crippen LogP contribution >= 0.6 is 15.9 Å². The van der Waals surface area contributed by atoms with Crippen LogP contribution in [0.4, 0.5) is 8.78 Å². The number of ether oxygens (including phenoxy) is 1. The van der Waals surface area contributed by atoms with E-state index in [1.165, 1.54) is 24.5 Å². The molecule has 0 radical (unpaired) electrons. The van der Waals surface area contributed by atoms with E-state index in [9.17, 15) is 8.78 Å². The first-order valence-corrected chi connectivity index (χ1v) is 28.6. The summed E-state index contributed by atoms with van der Waals surface area (Å²) < 4.78 is 71.8. The van der Waals surface area contributed by atoms with Crippen molar-refractivity contribution in [2.45, 2.75) is 163 Å². The molecule has 0 unspecified atom stereocenters. The third-order valence-corrected chi connectivity index (χ3v) is 16.2. The summed E-state index contributed by atoms with van der Waals surface area (Å²) >= 11 is 3.50. The molecule has 7 heterocycles. The van der Waals surface area contributed by atoms with Crippen molar-refractivity contribution in [2.75, 3.05) is 6.61 Å². The van der Waals surface area contributed by atoms with Gasteiger partial charge in [0.25, 0.3) is 0 Å². The standard InChI is InChI=1S/C19H20BFN2O2.C18H21BrFN3OSi.C12H24B2O4.C2H4O2.K/c1-18(2)19(3,4)25-20(24-18)14-6-5-13-11-23-17(15(13)10-14)12-7-8-22-16(21)9-12;1-25(2,3)9-8-24-12-23-16-5-4-14(19)11-15(16)18(22-23)13-6-7-21-17(20)10-13;1-9(2)10(3,4)16-13(15-9)14-17-11(5,6)12(7,8)18-14;1-2(3)4;/h5-10H,11H2,1-4H3;4-7,10-11H,8-9,12H2,1-3H3;1-8H3;1H3,(H,3,4);/q;;;;+1/p-1. The Kier molecular flexibility index (Phi) is 19.8. The zero-order chi connectivity index (χ0) is 53.4. The summed E-state index contributed by atoms with van der Waals surface area (Å²) in [5.41, 5.74) is 4.76. The summed E-state index contributed by atoms with van der Waals surface area (Å²) in [7, 11) is -2.50. The van der Waals surface area contributed by atoms with Gasteiger partial charge in [0, 0.05) is 71.7 Å². The molecule has 0 aliphatic carbocycles. The monoisotopic (exact) mass is 1110 g/mol. The van der Waals surface area contributed by atoms with E-state index in [0.717, 1.165) is 68.5 Å². The number of aliphatic imine (C=N–C) groups is 1. The van der Waals surface area contributed by atoms with Gasteiger partial charge in [0.05, 0.1) is 51.4 Å². The number of rotatable bonds is 9. The van der Waals surface area contributed by atoms with Crippen LogP contribution < -0.4 is 62.0 Å². The molecule has 386 valence electrons. The Morgan fingerprint density at radius 2 is 1.21 bits per heavy atom. The van der Waals surface area contributed by atoms with Gasteiger partial charge in [0.15, 0.2) is 0 Å². The molecule has 14 nitrogen and oxygen atoms in total. The first-order chi connectivity index (χ1) is 33.2. The van der Waals surface area contributed by atoms with Crippen LogP contribution in [0.3, 0.4) is 0 Å². The van der Waals surface area contributed by atoms with Gasteiger partial charge in [-0.2, -0.15) is 13.9 Å². The zero-order valence-corrected chi connectivity index (χ0v) is 51.2. The van der Waals surface area contributed by atoms with Gasteiger partial charge in [0.2, 0.25) is 11.9 Å². The van der Waals surface area contributed by atoms with Crippen LogP contribution in [0, 0.1) is 11.9 Å². The molecule has 4 aliphatic rings. The molecule has 73 heavy (non-hydrogen) atoms. The van der Waals surface area contributed by atoms with Gasteiger partial charge < -0.3 is 42.6 Å². The maximum absolute atomic E-state index is 13.5. The number of carboxylic acid groups (broad SMARTS) is 1. The smallest absolute Gasteiger partial charge is 0.550 e. The van der Waals surface area contributed by atoms with Gasteiger partial charge in [-0.15, -0.1) is 0 Å². The average molecular weight is 1110 g/mol. The van der Waals surface area contributed by atoms with Gasteiger partial charge in [-0.1, -0.05) is 53.8 Å². The maximum atomic E-state index is 13.5. The van der Waals surface area contributed by atoms with Gasteiger partial charge in [-0.3, -0.25) is 4.99 Å². The van der Waals surface area contributed by atoms with Crippen LogP contribution in [0.2, 0.25) is 25.7 Å². The van der Waals surface area contributed by atoms with Crippen LogP contribution in [0.15, 0.2) is 82.5 Å². The number of aromatic nitrogens is 4. The van der Waals surface area contributed by atoms with Crippen molar-refractivity contribution < 1.29 is 103 Å². The number of benzene rings is 2. The van der Waals surface area contributed by atoms with Crippen molar-refractivity contribution in [1.29, 1.82) is 0 Å². The average Bonchev–Trinajstić information content (AvgIpc) is 4.00. The van der Waals surface area contributed by atoms with Gasteiger partial charge in [-0.25, -0.2) is 14.6 Å². The molecule has 2 aromatic carbocycles. The Morgan fingerprint density at radius 3 is 1.70 bits per heavy atom. The van der Waals surface area contributed by atoms with Crippen molar-refractivity contribution >= 4 is 73.2 Å². The van der Waals surface area contributed by atoms with Crippen molar-refractivity contribution in [1.82, 2.24) is 19.7 Å². The Hall–Kier alpha value is -2.54. The second-order valence-electron chi connectivity index (χ2n) is 22.5. The Morgan fingerprint density at radius 1 is 0.726 bits per heavy atom. The summed E-state index contributed by atoms with van der Waals surface area (Å²) in [6.45, 7) is 34.0. The van der Waals surface area contributed by atoms with Crippen LogP contribution in [0.1, 0.15) is 107 Å². The van der Waals surface area contributed by atoms with Crippen molar-refractivity contribution in [3.8, 4) is 11.3 Å². The first-order valence-electron chi connectivity index (χ1n) is 24.1. The molecule has 5 aromatic rings. The Labute approximate surface area is 482 Å². The molecule has 0 saturated carbocycles. The largest absolute Gasteiger partial charge is 1.00 e. The molecule has 0 spiro atoms. The topological polar surface area (TPSA) is 161 Å². The fourth-order valence-corrected chi connectivity index (χ4v) is 8.78. The number of aliphatic carboxylic acids is 1. The number of fused-ring (bicyclic) bond motifs is 2. The summed E-state index contributed by atoms with van der Waals surface area (Å²) in [6, 6.07) is 19.5. The van der Waals surface area contributed by atoms with E-state index < -0.39 is 47.1 Å². The Bertz CT molecular complexity index is 2710. The fraction of sp³-hybridized carbons (Fsp3) is 0.510. The minimum Gasteiger partial charge on any atom is -0.550 e. The number of hydrogen-bond donors (Lipinski definition) is 0. The van der Waals surface area contributed by atoms with Crippen LogP contribution in [-0.4, -0.2) is 101 Å². The predicted octanol–water partition coefficient (Wildman–Crippen LogP) is 6.19. The quantitative estimate of drug-likeness (QED) is 0.0937. The van der Waals surface area contributed by atoms with Crippen molar-refractivity contribution in [2.24, 2.45) is 4.99 Å². The van der Waals surface area contributed by atoms with Crippen molar-refractivity contribution in [3.63, 3.8) is 0 Å². The second kappa shape index (κ2) is 23.6. The number of hydrogen-bond acceptors (Lipinski definition) is 13. The van der Waals surface area contributed by atoms with Gasteiger partial charge in [-0.05, 0) is 137 Å². The first kappa shape index (κ1) is 61.3. The van der Waals surface area contributed by atoms with Gasteiger partial charge in [0.1, 0.15) is 12.4 Å². The summed E-state index contributed by atoms with van der Waals surface area (Å²) in [5.74, 6) is -2.10. The van der Waals surface area contributed by atoms with Gasteiger partial charge >= 0.3 is 72.5 Å². The molecule has 22 heteroatoms. The molecule has 3 fully saturated rings. The fourth-order valence-electron chi connectivity index (χ4n) is 7.67. The van der Waals surface area contributed by atoms with Crippen LogP contribution in [0.5, 0.6) is 0 Å². The summed E-state index contributed by atoms with van der Waals surface area (Å²) in [4.78, 5) is 20.7. The van der Waals surface area contributed by atoms with E-state index >= 15 is 0 Å². The van der Waals surface area contributed by atoms with Crippen molar-refractivity contribution in [3.05, 3.63) is 106 Å². The molecule has 0 N–H and O–H groups in total. The number of nitrogens with zero attached hydrogens (tertiary/aromatic N) is 5. The molecule has 0 bridgehead atoms. The molecule has 0 atom stereocenters. The predicted molar refractivity (Wildman–Crippen MR) is 283 cm³/mol. The van der Waals surface area contributed by atoms with E-state index in [1.54, 1.807) is 12.1 Å². The summed E-state index contributed by atoms with van der Waals surface area (Å²) in [6.07, 6.45) is 2.92. The second-order valence-corrected chi connectivity index (χ2v) is 29.0. The summed E-state index contributed by atoms with van der Waals surface area (Å²) in [5, 5.41) is 14.5. The number of carboxylic acids is 1.